The SMILES string of the molecule is O=Cc1scc2oc(CC3CCCCC3)nc12. The minimum atomic E-state index is 0.679. The Hall–Kier alpha value is -1.16. The third kappa shape index (κ3) is 2.14. The van der Waals surface area contributed by atoms with Crippen molar-refractivity contribution < 1.29 is 9.21 Å². The molecule has 2 heterocycles. The zero-order valence-electron chi connectivity index (χ0n) is 9.65. The van der Waals surface area contributed by atoms with Crippen molar-refractivity contribution in [3.8, 4) is 0 Å². The van der Waals surface area contributed by atoms with Crippen molar-refractivity contribution in [2.45, 2.75) is 38.5 Å². The van der Waals surface area contributed by atoms with Gasteiger partial charge in [-0.2, -0.15) is 0 Å². The molecule has 1 aliphatic rings. The van der Waals surface area contributed by atoms with E-state index in [2.05, 4.69) is 4.98 Å². The van der Waals surface area contributed by atoms with Crippen LogP contribution in [-0.2, 0) is 6.42 Å². The summed E-state index contributed by atoms with van der Waals surface area (Å²) in [7, 11) is 0. The van der Waals surface area contributed by atoms with Crippen LogP contribution in [0.3, 0.4) is 0 Å². The second-order valence-electron chi connectivity index (χ2n) is 4.75. The molecule has 17 heavy (non-hydrogen) atoms. The maximum atomic E-state index is 10.8. The highest BCUT2D eigenvalue weighted by Crippen LogP contribution is 2.29. The van der Waals surface area contributed by atoms with Gasteiger partial charge in [0.05, 0.1) is 4.88 Å². The molecule has 1 saturated carbocycles. The van der Waals surface area contributed by atoms with Crippen LogP contribution in [0.4, 0.5) is 0 Å². The summed E-state index contributed by atoms with van der Waals surface area (Å²) in [4.78, 5) is 15.9. The molecule has 0 N–H and O–H groups in total. The van der Waals surface area contributed by atoms with Crippen LogP contribution in [0.1, 0.15) is 47.7 Å². The largest absolute Gasteiger partial charge is 0.440 e. The number of oxazole rings is 1. The summed E-state index contributed by atoms with van der Waals surface area (Å²) in [6.07, 6.45) is 8.40. The highest BCUT2D eigenvalue weighted by atomic mass is 32.1. The van der Waals surface area contributed by atoms with Crippen LogP contribution >= 0.6 is 11.3 Å². The Morgan fingerprint density at radius 3 is 3.00 bits per heavy atom. The van der Waals surface area contributed by atoms with E-state index >= 15 is 0 Å². The highest BCUT2D eigenvalue weighted by Gasteiger charge is 2.18. The molecule has 3 rings (SSSR count). The van der Waals surface area contributed by atoms with Crippen molar-refractivity contribution in [2.24, 2.45) is 5.92 Å². The number of aromatic nitrogens is 1. The van der Waals surface area contributed by atoms with Crippen LogP contribution in [0.15, 0.2) is 9.80 Å². The van der Waals surface area contributed by atoms with Crippen molar-refractivity contribution in [3.63, 3.8) is 0 Å². The third-order valence-electron chi connectivity index (χ3n) is 3.52. The first-order chi connectivity index (χ1) is 8.36. The van der Waals surface area contributed by atoms with E-state index < -0.39 is 0 Å². The molecule has 3 nitrogen and oxygen atoms in total. The van der Waals surface area contributed by atoms with E-state index in [1.807, 2.05) is 5.38 Å². The van der Waals surface area contributed by atoms with E-state index in [1.54, 1.807) is 0 Å². The highest BCUT2D eigenvalue weighted by molar-refractivity contribution is 7.13. The molecule has 0 aliphatic heterocycles. The lowest BCUT2D eigenvalue weighted by molar-refractivity contribution is 0.112. The molecule has 0 aromatic carbocycles. The summed E-state index contributed by atoms with van der Waals surface area (Å²) in [5.41, 5.74) is 1.51. The van der Waals surface area contributed by atoms with Gasteiger partial charge in [0.1, 0.15) is 5.52 Å². The van der Waals surface area contributed by atoms with Crippen LogP contribution in [0.5, 0.6) is 0 Å². The Morgan fingerprint density at radius 2 is 2.24 bits per heavy atom. The second kappa shape index (κ2) is 4.61. The van der Waals surface area contributed by atoms with Crippen LogP contribution in [0.2, 0.25) is 0 Å². The number of fused-ring (bicyclic) bond motifs is 1. The number of carbonyl (C=O) groups is 1. The smallest absolute Gasteiger partial charge is 0.195 e. The fraction of sp³-hybridized carbons (Fsp3) is 0.538. The Balaban J connectivity index is 1.80. The first kappa shape index (κ1) is 11.0. The summed E-state index contributed by atoms with van der Waals surface area (Å²) in [5, 5.41) is 1.87. The summed E-state index contributed by atoms with van der Waals surface area (Å²) in [5.74, 6) is 1.52. The van der Waals surface area contributed by atoms with E-state index in [-0.39, 0.29) is 0 Å². The average Bonchev–Trinajstić information content (AvgIpc) is 2.89. The number of hydrogen-bond acceptors (Lipinski definition) is 4. The summed E-state index contributed by atoms with van der Waals surface area (Å²) >= 11 is 1.40. The minimum absolute atomic E-state index is 0.679. The predicted octanol–water partition coefficient (Wildman–Crippen LogP) is 3.82. The number of aldehydes is 1. The lowest BCUT2D eigenvalue weighted by Crippen LogP contribution is -2.09. The first-order valence-corrected chi connectivity index (χ1v) is 7.07. The number of carbonyl (C=O) groups excluding carboxylic acids is 1. The lowest BCUT2D eigenvalue weighted by atomic mass is 9.87. The quantitative estimate of drug-likeness (QED) is 0.776. The minimum Gasteiger partial charge on any atom is -0.440 e. The topological polar surface area (TPSA) is 43.1 Å². The van der Waals surface area contributed by atoms with Gasteiger partial charge >= 0.3 is 0 Å². The van der Waals surface area contributed by atoms with Crippen molar-refractivity contribution in [1.82, 2.24) is 4.98 Å². The predicted molar refractivity (Wildman–Crippen MR) is 67.6 cm³/mol. The van der Waals surface area contributed by atoms with Gasteiger partial charge in [0.15, 0.2) is 17.8 Å². The summed E-state index contributed by atoms with van der Waals surface area (Å²) < 4.78 is 5.69. The number of thiophene rings is 1. The molecule has 0 bridgehead atoms. The molecule has 2 aromatic rings. The van der Waals surface area contributed by atoms with Gasteiger partial charge in [0.2, 0.25) is 0 Å². The van der Waals surface area contributed by atoms with Gasteiger partial charge in [-0.3, -0.25) is 4.79 Å². The maximum absolute atomic E-state index is 10.8. The molecule has 0 spiro atoms. The number of rotatable bonds is 3. The normalized spacial score (nSPS) is 17.6. The summed E-state index contributed by atoms with van der Waals surface area (Å²) in [6, 6.07) is 0. The van der Waals surface area contributed by atoms with Gasteiger partial charge in [-0.25, -0.2) is 4.98 Å². The molecule has 1 fully saturated rings. The molecule has 0 saturated heterocycles. The molecule has 4 heteroatoms. The van der Waals surface area contributed by atoms with Gasteiger partial charge in [-0.05, 0) is 18.8 Å². The van der Waals surface area contributed by atoms with Crippen LogP contribution < -0.4 is 0 Å². The third-order valence-corrected chi connectivity index (χ3v) is 4.39. The molecular weight excluding hydrogens is 234 g/mol. The molecule has 0 radical (unpaired) electrons. The lowest BCUT2D eigenvalue weighted by Gasteiger charge is -2.19. The van der Waals surface area contributed by atoms with Gasteiger partial charge in [-0.15, -0.1) is 11.3 Å². The van der Waals surface area contributed by atoms with Crippen molar-refractivity contribution in [3.05, 3.63) is 16.1 Å². The molecule has 0 unspecified atom stereocenters. The fourth-order valence-corrected chi connectivity index (χ4v) is 3.32. The average molecular weight is 249 g/mol. The van der Waals surface area contributed by atoms with Crippen LogP contribution in [0.25, 0.3) is 11.1 Å². The van der Waals surface area contributed by atoms with Crippen molar-refractivity contribution in [1.29, 1.82) is 0 Å². The molecule has 2 aromatic heterocycles. The Morgan fingerprint density at radius 1 is 1.41 bits per heavy atom. The fourth-order valence-electron chi connectivity index (χ4n) is 2.62. The van der Waals surface area contributed by atoms with Gasteiger partial charge in [0, 0.05) is 11.8 Å². The molecule has 1 aliphatic carbocycles. The molecule has 0 amide bonds. The molecule has 0 atom stereocenters. The van der Waals surface area contributed by atoms with E-state index in [4.69, 9.17) is 4.42 Å². The standard InChI is InChI=1S/C13H15NO2S/c15-7-11-13-10(8-17-11)16-12(14-13)6-9-4-2-1-3-5-9/h7-9H,1-6H2. The first-order valence-electron chi connectivity index (χ1n) is 6.19. The monoisotopic (exact) mass is 249 g/mol. The van der Waals surface area contributed by atoms with E-state index in [0.29, 0.717) is 4.88 Å². The molecule has 90 valence electrons. The number of nitrogens with zero attached hydrogens (tertiary/aromatic N) is 1. The summed E-state index contributed by atoms with van der Waals surface area (Å²) in [6.45, 7) is 0. The van der Waals surface area contributed by atoms with Crippen molar-refractivity contribution in [2.75, 3.05) is 0 Å². The Labute approximate surface area is 104 Å². The van der Waals surface area contributed by atoms with Gasteiger partial charge in [-0.1, -0.05) is 19.3 Å². The number of hydrogen-bond donors (Lipinski definition) is 0. The maximum Gasteiger partial charge on any atom is 0.195 e. The Kier molecular flexibility index (Phi) is 2.97. The van der Waals surface area contributed by atoms with Gasteiger partial charge in [0.25, 0.3) is 0 Å². The Bertz CT molecular complexity index is 522. The van der Waals surface area contributed by atoms with Crippen LogP contribution in [-0.4, -0.2) is 11.3 Å². The zero-order chi connectivity index (χ0) is 11.7. The van der Waals surface area contributed by atoms with Crippen LogP contribution in [0, 0.1) is 5.92 Å². The second-order valence-corrected chi connectivity index (χ2v) is 5.66. The van der Waals surface area contributed by atoms with E-state index in [9.17, 15) is 4.79 Å². The van der Waals surface area contributed by atoms with Crippen molar-refractivity contribution >= 4 is 28.7 Å². The zero-order valence-corrected chi connectivity index (χ0v) is 10.5. The molecular formula is C13H15NO2S. The van der Waals surface area contributed by atoms with E-state index in [1.165, 1.54) is 43.4 Å². The van der Waals surface area contributed by atoms with Gasteiger partial charge < -0.3 is 4.42 Å². The van der Waals surface area contributed by atoms with E-state index in [0.717, 1.165) is 35.6 Å².